The van der Waals surface area contributed by atoms with E-state index >= 15 is 0 Å². The lowest BCUT2D eigenvalue weighted by molar-refractivity contribution is -0.156. The van der Waals surface area contributed by atoms with Gasteiger partial charge in [-0.3, -0.25) is 19.2 Å². The normalized spacial score (nSPS) is 37.7. The minimum Gasteiger partial charge on any atom is -0.458 e. The second-order valence-corrected chi connectivity index (χ2v) is 24.3. The van der Waals surface area contributed by atoms with Gasteiger partial charge < -0.3 is 39.4 Å². The summed E-state index contributed by atoms with van der Waals surface area (Å²) in [6.45, 7) is 25.4. The van der Waals surface area contributed by atoms with E-state index < -0.39 is 71.2 Å². The van der Waals surface area contributed by atoms with Crippen LogP contribution in [0.25, 0.3) is 12.2 Å². The molecule has 16 heteroatoms. The Hall–Kier alpha value is -3.48. The van der Waals surface area contributed by atoms with Crippen LogP contribution in [-0.4, -0.2) is 114 Å². The summed E-state index contributed by atoms with van der Waals surface area (Å²) in [7, 11) is 0. The maximum atomic E-state index is 13.2. The summed E-state index contributed by atoms with van der Waals surface area (Å²) in [5.41, 5.74) is 0.218. The highest BCUT2D eigenvalue weighted by molar-refractivity contribution is 7.09. The number of epoxide rings is 2. The molecule has 3 fully saturated rings. The van der Waals surface area contributed by atoms with Crippen LogP contribution >= 0.6 is 22.7 Å². The third-order valence-corrected chi connectivity index (χ3v) is 17.0. The first-order valence-electron chi connectivity index (χ1n) is 24.9. The molecule has 0 spiro atoms. The number of fused-ring (bicyclic) bond motifs is 2. The highest BCUT2D eigenvalue weighted by atomic mass is 32.1. The first kappa shape index (κ1) is 57.4. The van der Waals surface area contributed by atoms with Crippen molar-refractivity contribution in [3.8, 4) is 0 Å². The number of aliphatic hydroxyl groups excluding tert-OH is 4. The molecule has 4 N–H and O–H groups in total. The Morgan fingerprint density at radius 2 is 1.10 bits per heavy atom. The molecule has 0 bridgehead atoms. The number of aromatic nitrogens is 2. The van der Waals surface area contributed by atoms with Gasteiger partial charge in [0.15, 0.2) is 0 Å². The zero-order valence-corrected chi connectivity index (χ0v) is 45.4. The molecule has 3 saturated heterocycles. The molecule has 0 amide bonds. The molecule has 4 aliphatic heterocycles. The van der Waals surface area contributed by atoms with Crippen LogP contribution in [0.4, 0.5) is 0 Å². The van der Waals surface area contributed by atoms with Crippen molar-refractivity contribution in [3.63, 3.8) is 0 Å². The van der Waals surface area contributed by atoms with Crippen LogP contribution in [0.1, 0.15) is 156 Å². The number of carbonyl (C=O) groups is 4. The number of ketones is 2. The lowest BCUT2D eigenvalue weighted by atomic mass is 9.73. The number of hydrogen-bond donors (Lipinski definition) is 4. The van der Waals surface area contributed by atoms with Crippen molar-refractivity contribution in [2.75, 3.05) is 0 Å². The van der Waals surface area contributed by atoms with Crippen molar-refractivity contribution in [2.45, 2.75) is 208 Å². The van der Waals surface area contributed by atoms with E-state index in [0.717, 1.165) is 51.8 Å². The van der Waals surface area contributed by atoms with Crippen LogP contribution < -0.4 is 0 Å². The predicted octanol–water partition coefficient (Wildman–Crippen LogP) is 8.73. The van der Waals surface area contributed by atoms with Crippen molar-refractivity contribution < 1.29 is 58.6 Å². The minimum absolute atomic E-state index is 0.0455. The average Bonchev–Trinajstić information content (AvgIpc) is 3.94. The van der Waals surface area contributed by atoms with Gasteiger partial charge in [0.25, 0.3) is 0 Å². The molecular weight excluding hydrogens is 933 g/mol. The molecule has 0 radical (unpaired) electrons. The zero-order valence-electron chi connectivity index (χ0n) is 43.8. The second kappa shape index (κ2) is 23.2. The number of nitrogens with zero attached hydrogens (tertiary/aromatic N) is 2. The molecule has 2 unspecified atom stereocenters. The lowest BCUT2D eigenvalue weighted by Gasteiger charge is -2.34. The van der Waals surface area contributed by atoms with Gasteiger partial charge in [0.2, 0.25) is 0 Å². The van der Waals surface area contributed by atoms with Gasteiger partial charge in [-0.15, -0.1) is 22.7 Å². The molecule has 0 aromatic carbocycles. The Morgan fingerprint density at radius 3 is 1.54 bits per heavy atom. The van der Waals surface area contributed by atoms with Crippen LogP contribution in [0, 0.1) is 48.3 Å². The highest BCUT2D eigenvalue weighted by Gasteiger charge is 2.54. The summed E-state index contributed by atoms with van der Waals surface area (Å²) in [4.78, 5) is 61.2. The van der Waals surface area contributed by atoms with Gasteiger partial charge in [-0.05, 0) is 90.0 Å². The molecule has 2 aromatic heterocycles. The first-order chi connectivity index (χ1) is 32.5. The summed E-state index contributed by atoms with van der Waals surface area (Å²) in [5, 5.41) is 49.1. The standard InChI is InChI=1S/C27H41NO6S.C27H39NO6S/c2*1-15-9-8-10-27(7)22(34-27)12-20(16(2)11-19-14-35-18(4)28-19)33-23(30)13-21(29)26(5,6)25(32)17(3)24(15)31/h11,14-15,17,20-22,24,29,31H,8-10,12-13H2,1-7H3;8-9,11,14-15,17,20-22,24,29,31H,10,12-13H2,1-7H3/b16-11+;9-8+,16-11+/t2*15-,17+,20?,21-,22-,24-,27+/m00/s1. The molecule has 4 aliphatic rings. The number of hydrogen-bond acceptors (Lipinski definition) is 16. The molecule has 6 heterocycles. The number of thiazole rings is 2. The van der Waals surface area contributed by atoms with Crippen LogP contribution in [0.15, 0.2) is 34.1 Å². The van der Waals surface area contributed by atoms with Crippen molar-refractivity contribution >= 4 is 58.3 Å². The van der Waals surface area contributed by atoms with Crippen molar-refractivity contribution in [2.24, 2.45) is 34.5 Å². The van der Waals surface area contributed by atoms with E-state index in [1.54, 1.807) is 64.2 Å². The summed E-state index contributed by atoms with van der Waals surface area (Å²) in [6.07, 6.45) is 5.82. The van der Waals surface area contributed by atoms with E-state index in [-0.39, 0.29) is 59.7 Å². The van der Waals surface area contributed by atoms with E-state index in [9.17, 15) is 39.6 Å². The molecular formula is C54H80N2O12S2. The average molecular weight is 1010 g/mol. The van der Waals surface area contributed by atoms with Gasteiger partial charge in [0, 0.05) is 41.4 Å². The van der Waals surface area contributed by atoms with E-state index in [1.165, 1.54) is 0 Å². The van der Waals surface area contributed by atoms with E-state index in [0.29, 0.717) is 19.3 Å². The number of ether oxygens (including phenoxy) is 4. The summed E-state index contributed by atoms with van der Waals surface area (Å²) < 4.78 is 23.8. The predicted molar refractivity (Wildman–Crippen MR) is 272 cm³/mol. The Morgan fingerprint density at radius 1 is 0.671 bits per heavy atom. The SMILES string of the molecule is C/C(=C\c1csc(C)n1)C1C[C@@H]2O[C@]2(C)C/C=C/[C@H](C)[C@H](O)[C@@H](C)C(=O)C(C)(C)[C@@H](O)CC(=O)O1.C/C(=C\c1csc(C)n1)C1C[C@@H]2O[C@]2(C)CCC[C@H](C)[C@H](O)[C@@H](C)C(=O)C(C)(C)[C@@H](O)CC(=O)O1. The van der Waals surface area contributed by atoms with Crippen molar-refractivity contribution in [1.29, 1.82) is 0 Å². The van der Waals surface area contributed by atoms with E-state index in [2.05, 4.69) is 16.9 Å². The third kappa shape index (κ3) is 14.4. The number of cyclic esters (lactones) is 2. The van der Waals surface area contributed by atoms with Crippen LogP contribution in [-0.2, 0) is 38.1 Å². The third-order valence-electron chi connectivity index (χ3n) is 15.4. The maximum absolute atomic E-state index is 13.2. The van der Waals surface area contributed by atoms with Gasteiger partial charge >= 0.3 is 11.9 Å². The molecule has 0 saturated carbocycles. The molecule has 0 aliphatic carbocycles. The fraction of sp³-hybridized carbons (Fsp3) is 0.704. The molecule has 2 aromatic rings. The number of rotatable bonds is 4. The van der Waals surface area contributed by atoms with Gasteiger partial charge in [-0.2, -0.15) is 0 Å². The van der Waals surface area contributed by atoms with E-state index in [4.69, 9.17) is 18.9 Å². The second-order valence-electron chi connectivity index (χ2n) is 22.2. The molecule has 6 rings (SSSR count). The van der Waals surface area contributed by atoms with Gasteiger partial charge in [-0.25, -0.2) is 9.97 Å². The molecule has 14 atom stereocenters. The first-order valence-corrected chi connectivity index (χ1v) is 26.7. The molecule has 390 valence electrons. The number of aryl methyl sites for hydroxylation is 2. The summed E-state index contributed by atoms with van der Waals surface area (Å²) >= 11 is 3.11. The van der Waals surface area contributed by atoms with Gasteiger partial charge in [0.1, 0.15) is 23.8 Å². The number of esters is 2. The summed E-state index contributed by atoms with van der Waals surface area (Å²) in [6, 6.07) is 0. The monoisotopic (exact) mass is 1010 g/mol. The largest absolute Gasteiger partial charge is 0.458 e. The Labute approximate surface area is 423 Å². The van der Waals surface area contributed by atoms with Gasteiger partial charge in [-0.1, -0.05) is 74.0 Å². The van der Waals surface area contributed by atoms with Crippen LogP contribution in [0.2, 0.25) is 0 Å². The highest BCUT2D eigenvalue weighted by Crippen LogP contribution is 2.46. The van der Waals surface area contributed by atoms with Gasteiger partial charge in [0.05, 0.1) is 92.9 Å². The number of Topliss-reactive ketones (excluding diaryl/α,β-unsaturated/α-hetero) is 2. The summed E-state index contributed by atoms with van der Waals surface area (Å²) in [5.74, 6) is -3.37. The van der Waals surface area contributed by atoms with Crippen molar-refractivity contribution in [3.05, 3.63) is 55.5 Å². The molecule has 14 nitrogen and oxygen atoms in total. The number of carbonyl (C=O) groups excluding carboxylic acids is 4. The Kier molecular flexibility index (Phi) is 19.0. The quantitative estimate of drug-likeness (QED) is 0.128. The number of aliphatic hydroxyl groups is 4. The van der Waals surface area contributed by atoms with E-state index in [1.807, 2.05) is 83.5 Å². The lowest BCUT2D eigenvalue weighted by Crippen LogP contribution is -2.45. The van der Waals surface area contributed by atoms with Crippen molar-refractivity contribution in [1.82, 2.24) is 9.97 Å². The Balaban J connectivity index is 0.000000261. The zero-order chi connectivity index (χ0) is 52.3. The maximum Gasteiger partial charge on any atom is 0.309 e. The smallest absolute Gasteiger partial charge is 0.309 e. The fourth-order valence-corrected chi connectivity index (χ4v) is 10.9. The van der Waals surface area contributed by atoms with Crippen LogP contribution in [0.5, 0.6) is 0 Å². The topological polar surface area (TPSA) is 218 Å². The van der Waals surface area contributed by atoms with Crippen LogP contribution in [0.3, 0.4) is 0 Å². The fourth-order valence-electron chi connectivity index (χ4n) is 9.74. The molecule has 70 heavy (non-hydrogen) atoms. The Bertz CT molecular complexity index is 2260. The minimum atomic E-state index is -1.25.